The first-order valence-electron chi connectivity index (χ1n) is 6.53. The Bertz CT molecular complexity index is 634. The summed E-state index contributed by atoms with van der Waals surface area (Å²) in [6.45, 7) is 0.579. The molecule has 1 fully saturated rings. The highest BCUT2D eigenvalue weighted by atomic mass is 79.9. The molecule has 0 bridgehead atoms. The lowest BCUT2D eigenvalue weighted by Crippen LogP contribution is -2.31. The van der Waals surface area contributed by atoms with E-state index >= 15 is 0 Å². The number of thiocarbonyl (C=S) groups is 1. The highest BCUT2D eigenvalue weighted by Gasteiger charge is 2.40. The van der Waals surface area contributed by atoms with E-state index in [2.05, 4.69) is 37.7 Å². The third-order valence-electron chi connectivity index (χ3n) is 3.42. The highest BCUT2D eigenvalue weighted by molar-refractivity contribution is 9.10. The van der Waals surface area contributed by atoms with Crippen LogP contribution in [0.15, 0.2) is 40.3 Å². The van der Waals surface area contributed by atoms with Crippen molar-refractivity contribution >= 4 is 44.6 Å². The number of rotatable bonds is 4. The van der Waals surface area contributed by atoms with Crippen molar-refractivity contribution in [2.75, 3.05) is 13.2 Å². The molecular formula is C14H14BrN3OS2. The summed E-state index contributed by atoms with van der Waals surface area (Å²) >= 11 is 10.6. The maximum atomic E-state index is 9.32. The third kappa shape index (κ3) is 2.96. The number of pyridine rings is 1. The summed E-state index contributed by atoms with van der Waals surface area (Å²) in [5.41, 5.74) is 0.954. The van der Waals surface area contributed by atoms with Gasteiger partial charge in [0.25, 0.3) is 0 Å². The van der Waals surface area contributed by atoms with E-state index in [1.165, 1.54) is 4.88 Å². The number of nitrogens with one attached hydrogen (secondary N) is 1. The van der Waals surface area contributed by atoms with Crippen molar-refractivity contribution in [3.63, 3.8) is 0 Å². The molecule has 110 valence electrons. The molecule has 3 rings (SSSR count). The van der Waals surface area contributed by atoms with Crippen LogP contribution in [0.5, 0.6) is 0 Å². The summed E-state index contributed by atoms with van der Waals surface area (Å²) in [5, 5.41) is 15.4. The SMILES string of the molecule is OCCN1C(=S)N[C@@H](c2ccccn2)[C@@H]1c1cc(Br)cs1. The number of thiophene rings is 1. The average molecular weight is 384 g/mol. The smallest absolute Gasteiger partial charge is 0.170 e. The number of aliphatic hydroxyl groups is 1. The molecule has 3 heterocycles. The molecule has 1 saturated heterocycles. The molecule has 2 aromatic rings. The van der Waals surface area contributed by atoms with Gasteiger partial charge in [-0.3, -0.25) is 4.98 Å². The van der Waals surface area contributed by atoms with Crippen molar-refractivity contribution in [3.05, 3.63) is 50.9 Å². The molecule has 1 aliphatic heterocycles. The van der Waals surface area contributed by atoms with Crippen LogP contribution < -0.4 is 5.32 Å². The van der Waals surface area contributed by atoms with Gasteiger partial charge in [0.2, 0.25) is 0 Å². The quantitative estimate of drug-likeness (QED) is 0.794. The zero-order valence-electron chi connectivity index (χ0n) is 11.1. The Morgan fingerprint density at radius 1 is 1.48 bits per heavy atom. The Labute approximate surface area is 140 Å². The van der Waals surface area contributed by atoms with Crippen LogP contribution in [-0.4, -0.2) is 33.3 Å². The monoisotopic (exact) mass is 383 g/mol. The topological polar surface area (TPSA) is 48.4 Å². The van der Waals surface area contributed by atoms with E-state index < -0.39 is 0 Å². The van der Waals surface area contributed by atoms with E-state index in [-0.39, 0.29) is 18.7 Å². The molecule has 7 heteroatoms. The van der Waals surface area contributed by atoms with E-state index in [9.17, 15) is 5.11 Å². The normalized spacial score (nSPS) is 21.6. The average Bonchev–Trinajstić information content (AvgIpc) is 3.05. The number of aromatic nitrogens is 1. The maximum absolute atomic E-state index is 9.32. The second kappa shape index (κ2) is 6.39. The van der Waals surface area contributed by atoms with Crippen LogP contribution in [0.2, 0.25) is 0 Å². The molecule has 2 N–H and O–H groups in total. The van der Waals surface area contributed by atoms with Gasteiger partial charge in [0, 0.05) is 27.5 Å². The lowest BCUT2D eigenvalue weighted by atomic mass is 10.0. The Morgan fingerprint density at radius 2 is 2.33 bits per heavy atom. The Kier molecular flexibility index (Phi) is 4.54. The van der Waals surface area contributed by atoms with E-state index in [0.29, 0.717) is 11.7 Å². The van der Waals surface area contributed by atoms with E-state index in [1.54, 1.807) is 17.5 Å². The van der Waals surface area contributed by atoms with E-state index in [1.807, 2.05) is 23.1 Å². The largest absolute Gasteiger partial charge is 0.395 e. The van der Waals surface area contributed by atoms with E-state index in [4.69, 9.17) is 12.2 Å². The molecule has 2 aromatic heterocycles. The molecule has 0 unspecified atom stereocenters. The molecule has 0 radical (unpaired) electrons. The number of β-amino-alcohol motifs (C(OH)–C–C–N with tert-alkyl or cyclic N) is 1. The summed E-state index contributed by atoms with van der Waals surface area (Å²) in [6.07, 6.45) is 1.79. The maximum Gasteiger partial charge on any atom is 0.170 e. The van der Waals surface area contributed by atoms with Crippen molar-refractivity contribution in [3.8, 4) is 0 Å². The van der Waals surface area contributed by atoms with E-state index in [0.717, 1.165) is 10.2 Å². The summed E-state index contributed by atoms with van der Waals surface area (Å²) in [7, 11) is 0. The van der Waals surface area contributed by atoms with Crippen molar-refractivity contribution in [2.45, 2.75) is 12.1 Å². The van der Waals surface area contributed by atoms with Gasteiger partial charge < -0.3 is 15.3 Å². The summed E-state index contributed by atoms with van der Waals surface area (Å²) in [5.74, 6) is 0. The molecule has 21 heavy (non-hydrogen) atoms. The predicted octanol–water partition coefficient (Wildman–Crippen LogP) is 2.87. The second-order valence-corrected chi connectivity index (χ2v) is 6.96. The van der Waals surface area contributed by atoms with Crippen LogP contribution >= 0.6 is 39.5 Å². The van der Waals surface area contributed by atoms with Crippen LogP contribution in [0.3, 0.4) is 0 Å². The molecule has 4 nitrogen and oxygen atoms in total. The first kappa shape index (κ1) is 14.9. The predicted molar refractivity (Wildman–Crippen MR) is 91.3 cm³/mol. The lowest BCUT2D eigenvalue weighted by molar-refractivity contribution is 0.224. The van der Waals surface area contributed by atoms with Crippen molar-refractivity contribution in [2.24, 2.45) is 0 Å². The molecule has 0 saturated carbocycles. The van der Waals surface area contributed by atoms with Gasteiger partial charge >= 0.3 is 0 Å². The zero-order valence-corrected chi connectivity index (χ0v) is 14.3. The molecule has 0 aliphatic carbocycles. The van der Waals surface area contributed by atoms with Crippen molar-refractivity contribution in [1.82, 2.24) is 15.2 Å². The zero-order chi connectivity index (χ0) is 14.8. The minimum atomic E-state index is -0.00389. The van der Waals surface area contributed by atoms with Crippen LogP contribution in [0.1, 0.15) is 22.7 Å². The molecule has 0 aromatic carbocycles. The summed E-state index contributed by atoms with van der Waals surface area (Å²) in [6, 6.07) is 8.03. The fourth-order valence-corrected chi connectivity index (χ4v) is 4.47. The van der Waals surface area contributed by atoms with Gasteiger partial charge in [0.05, 0.1) is 24.4 Å². The molecule has 2 atom stereocenters. The van der Waals surface area contributed by atoms with Crippen LogP contribution in [0, 0.1) is 0 Å². The number of hydrogen-bond acceptors (Lipinski definition) is 4. The van der Waals surface area contributed by atoms with Crippen molar-refractivity contribution < 1.29 is 5.11 Å². The Hall–Kier alpha value is -1.02. The standard InChI is InChI=1S/C14H14BrN3OS2/c15-9-7-11(21-8-9)13-12(10-3-1-2-4-16-10)17-14(20)18(13)5-6-19/h1-4,7-8,12-13,19H,5-6H2,(H,17,20)/t12-,13-/m0/s1. The number of hydrogen-bond donors (Lipinski definition) is 2. The number of aliphatic hydroxyl groups excluding tert-OH is 1. The Morgan fingerprint density at radius 3 is 2.95 bits per heavy atom. The number of nitrogens with zero attached hydrogens (tertiary/aromatic N) is 2. The Balaban J connectivity index is 2.00. The first-order valence-corrected chi connectivity index (χ1v) is 8.61. The summed E-state index contributed by atoms with van der Waals surface area (Å²) < 4.78 is 1.06. The fourth-order valence-electron chi connectivity index (χ4n) is 2.55. The molecule has 0 amide bonds. The minimum absolute atomic E-state index is 0.00389. The molecular weight excluding hydrogens is 370 g/mol. The van der Waals surface area contributed by atoms with Gasteiger partial charge in [-0.05, 0) is 46.3 Å². The van der Waals surface area contributed by atoms with Crippen LogP contribution in [-0.2, 0) is 0 Å². The first-order chi connectivity index (χ1) is 10.2. The van der Waals surface area contributed by atoms with Gasteiger partial charge in [-0.2, -0.15) is 0 Å². The fraction of sp³-hybridized carbons (Fsp3) is 0.286. The highest BCUT2D eigenvalue weighted by Crippen LogP contribution is 2.41. The van der Waals surface area contributed by atoms with Crippen LogP contribution in [0.4, 0.5) is 0 Å². The number of halogens is 1. The van der Waals surface area contributed by atoms with Crippen molar-refractivity contribution in [1.29, 1.82) is 0 Å². The molecule has 1 aliphatic rings. The third-order valence-corrected chi connectivity index (χ3v) is 5.53. The van der Waals surface area contributed by atoms with Gasteiger partial charge in [0.15, 0.2) is 5.11 Å². The van der Waals surface area contributed by atoms with Gasteiger partial charge in [-0.25, -0.2) is 0 Å². The minimum Gasteiger partial charge on any atom is -0.395 e. The van der Waals surface area contributed by atoms with Gasteiger partial charge in [0.1, 0.15) is 0 Å². The van der Waals surface area contributed by atoms with Gasteiger partial charge in [-0.15, -0.1) is 11.3 Å². The lowest BCUT2D eigenvalue weighted by Gasteiger charge is -2.25. The summed E-state index contributed by atoms with van der Waals surface area (Å²) in [4.78, 5) is 7.68. The van der Waals surface area contributed by atoms with Gasteiger partial charge in [-0.1, -0.05) is 6.07 Å². The van der Waals surface area contributed by atoms with Crippen LogP contribution in [0.25, 0.3) is 0 Å². The second-order valence-electron chi connectivity index (χ2n) is 4.71. The molecule has 0 spiro atoms.